The highest BCUT2D eigenvalue weighted by atomic mass is 16.6. The third kappa shape index (κ3) is 7.37. The lowest BCUT2D eigenvalue weighted by molar-refractivity contribution is 0.151. The highest BCUT2D eigenvalue weighted by Crippen LogP contribution is 2.15. The van der Waals surface area contributed by atoms with Gasteiger partial charge in [-0.05, 0) is 44.5 Å². The van der Waals surface area contributed by atoms with Gasteiger partial charge < -0.3 is 19.5 Å². The normalized spacial score (nSPS) is 9.73. The molecule has 1 aromatic rings. The first kappa shape index (κ1) is 17.6. The molecule has 1 rings (SSSR count). The number of carbonyl (C=O) groups excluding carboxylic acids is 2. The molecular formula is C15H22N2O5. The Kier molecular flexibility index (Phi) is 8.25. The fourth-order valence-electron chi connectivity index (χ4n) is 1.55. The van der Waals surface area contributed by atoms with Crippen molar-refractivity contribution in [1.82, 2.24) is 5.32 Å². The molecule has 0 heterocycles. The van der Waals surface area contributed by atoms with Gasteiger partial charge >= 0.3 is 12.2 Å². The van der Waals surface area contributed by atoms with E-state index in [1.165, 1.54) is 0 Å². The minimum atomic E-state index is -0.485. The molecule has 0 atom stereocenters. The second kappa shape index (κ2) is 10.3. The number of hydrogen-bond donors (Lipinski definition) is 2. The first-order valence-electron chi connectivity index (χ1n) is 7.23. The first-order chi connectivity index (χ1) is 10.7. The maximum atomic E-state index is 11.2. The van der Waals surface area contributed by atoms with Gasteiger partial charge in [0.2, 0.25) is 0 Å². The zero-order valence-corrected chi connectivity index (χ0v) is 12.9. The Morgan fingerprint density at radius 2 is 1.64 bits per heavy atom. The Bertz CT molecular complexity index is 462. The Balaban J connectivity index is 2.21. The predicted molar refractivity (Wildman–Crippen MR) is 82.2 cm³/mol. The van der Waals surface area contributed by atoms with Crippen LogP contribution in [-0.2, 0) is 9.47 Å². The summed E-state index contributed by atoms with van der Waals surface area (Å²) in [5.74, 6) is 0.686. The van der Waals surface area contributed by atoms with E-state index in [2.05, 4.69) is 10.6 Å². The number of carbonyl (C=O) groups is 2. The summed E-state index contributed by atoms with van der Waals surface area (Å²) in [4.78, 5) is 22.3. The summed E-state index contributed by atoms with van der Waals surface area (Å²) in [5.41, 5.74) is 0.634. The Labute approximate surface area is 129 Å². The Hall–Kier alpha value is -2.44. The van der Waals surface area contributed by atoms with Crippen LogP contribution in [0, 0.1) is 0 Å². The Morgan fingerprint density at radius 1 is 1.00 bits per heavy atom. The zero-order valence-electron chi connectivity index (χ0n) is 12.9. The van der Waals surface area contributed by atoms with E-state index in [1.54, 1.807) is 38.1 Å². The van der Waals surface area contributed by atoms with Gasteiger partial charge in [-0.2, -0.15) is 0 Å². The van der Waals surface area contributed by atoms with Crippen molar-refractivity contribution in [1.29, 1.82) is 0 Å². The van der Waals surface area contributed by atoms with Gasteiger partial charge in [-0.1, -0.05) is 0 Å². The van der Waals surface area contributed by atoms with Crippen LogP contribution in [0.2, 0.25) is 0 Å². The summed E-state index contributed by atoms with van der Waals surface area (Å²) in [6.45, 7) is 5.14. The highest BCUT2D eigenvalue weighted by Gasteiger charge is 2.02. The first-order valence-corrected chi connectivity index (χ1v) is 7.23. The van der Waals surface area contributed by atoms with Crippen LogP contribution in [0.4, 0.5) is 15.3 Å². The molecule has 0 aliphatic carbocycles. The molecular weight excluding hydrogens is 288 g/mol. The van der Waals surface area contributed by atoms with Gasteiger partial charge in [-0.15, -0.1) is 0 Å². The van der Waals surface area contributed by atoms with Gasteiger partial charge in [0.25, 0.3) is 0 Å². The molecule has 0 aliphatic rings. The van der Waals surface area contributed by atoms with Gasteiger partial charge in [-0.3, -0.25) is 5.32 Å². The van der Waals surface area contributed by atoms with E-state index in [-0.39, 0.29) is 0 Å². The highest BCUT2D eigenvalue weighted by molar-refractivity contribution is 5.84. The molecule has 0 saturated carbocycles. The van der Waals surface area contributed by atoms with Crippen LogP contribution < -0.4 is 15.4 Å². The third-order valence-electron chi connectivity index (χ3n) is 2.51. The van der Waals surface area contributed by atoms with Crippen molar-refractivity contribution in [2.45, 2.75) is 20.3 Å². The predicted octanol–water partition coefficient (Wildman–Crippen LogP) is 2.77. The van der Waals surface area contributed by atoms with Crippen LogP contribution in [-0.4, -0.2) is 38.6 Å². The maximum absolute atomic E-state index is 11.2. The summed E-state index contributed by atoms with van der Waals surface area (Å²) in [6, 6.07) is 6.95. The molecule has 2 N–H and O–H groups in total. The van der Waals surface area contributed by atoms with Gasteiger partial charge in [0, 0.05) is 12.2 Å². The lowest BCUT2D eigenvalue weighted by atomic mass is 10.3. The smallest absolute Gasteiger partial charge is 0.411 e. The second-order valence-corrected chi connectivity index (χ2v) is 4.22. The molecule has 0 aliphatic heterocycles. The van der Waals surface area contributed by atoms with Crippen LogP contribution in [0.15, 0.2) is 24.3 Å². The van der Waals surface area contributed by atoms with E-state index < -0.39 is 12.2 Å². The number of nitrogens with one attached hydrogen (secondary N) is 2. The molecule has 122 valence electrons. The van der Waals surface area contributed by atoms with Crippen molar-refractivity contribution in [2.75, 3.05) is 31.7 Å². The molecule has 7 nitrogen and oxygen atoms in total. The van der Waals surface area contributed by atoms with Crippen LogP contribution in [0.25, 0.3) is 0 Å². The monoisotopic (exact) mass is 310 g/mol. The van der Waals surface area contributed by atoms with Crippen LogP contribution in [0.5, 0.6) is 5.75 Å². The molecule has 2 amide bonds. The minimum absolute atomic E-state index is 0.326. The van der Waals surface area contributed by atoms with Crippen molar-refractivity contribution < 1.29 is 23.8 Å². The second-order valence-electron chi connectivity index (χ2n) is 4.22. The molecule has 0 radical (unpaired) electrons. The molecule has 1 aromatic carbocycles. The summed E-state index contributed by atoms with van der Waals surface area (Å²) in [7, 11) is 0. The summed E-state index contributed by atoms with van der Waals surface area (Å²) >= 11 is 0. The number of amides is 2. The maximum Gasteiger partial charge on any atom is 0.411 e. The average molecular weight is 310 g/mol. The van der Waals surface area contributed by atoms with Gasteiger partial charge in [-0.25, -0.2) is 9.59 Å². The molecule has 0 aromatic heterocycles. The molecule has 0 unspecified atom stereocenters. The topological polar surface area (TPSA) is 85.9 Å². The van der Waals surface area contributed by atoms with Crippen LogP contribution >= 0.6 is 0 Å². The number of benzene rings is 1. The van der Waals surface area contributed by atoms with E-state index in [9.17, 15) is 9.59 Å². The minimum Gasteiger partial charge on any atom is -0.494 e. The largest absolute Gasteiger partial charge is 0.494 e. The van der Waals surface area contributed by atoms with Crippen molar-refractivity contribution in [3.8, 4) is 5.75 Å². The summed E-state index contributed by atoms with van der Waals surface area (Å²) in [6.07, 6.45) is -0.236. The Morgan fingerprint density at radius 3 is 2.27 bits per heavy atom. The van der Waals surface area contributed by atoms with E-state index in [0.29, 0.717) is 44.2 Å². The van der Waals surface area contributed by atoms with E-state index in [1.807, 2.05) is 0 Å². The van der Waals surface area contributed by atoms with E-state index >= 15 is 0 Å². The zero-order chi connectivity index (χ0) is 16.2. The molecule has 22 heavy (non-hydrogen) atoms. The molecule has 7 heteroatoms. The van der Waals surface area contributed by atoms with E-state index in [0.717, 1.165) is 0 Å². The standard InChI is InChI=1S/C15H22N2O5/c1-3-20-14(18)16-10-5-11-22-13-8-6-12(7-9-13)17-15(19)21-4-2/h6-9H,3-5,10-11H2,1-2H3,(H,16,18)(H,17,19). The van der Waals surface area contributed by atoms with Crippen molar-refractivity contribution in [3.05, 3.63) is 24.3 Å². The molecule has 0 saturated heterocycles. The number of rotatable bonds is 8. The summed E-state index contributed by atoms with van der Waals surface area (Å²) in [5, 5.41) is 5.20. The van der Waals surface area contributed by atoms with Crippen molar-refractivity contribution >= 4 is 17.9 Å². The third-order valence-corrected chi connectivity index (χ3v) is 2.51. The van der Waals surface area contributed by atoms with Gasteiger partial charge in [0.1, 0.15) is 5.75 Å². The number of alkyl carbamates (subject to hydrolysis) is 1. The lowest BCUT2D eigenvalue weighted by Crippen LogP contribution is -2.26. The number of ether oxygens (including phenoxy) is 3. The van der Waals surface area contributed by atoms with Crippen molar-refractivity contribution in [2.24, 2.45) is 0 Å². The van der Waals surface area contributed by atoms with Crippen molar-refractivity contribution in [3.63, 3.8) is 0 Å². The summed E-state index contributed by atoms with van der Waals surface area (Å²) < 4.78 is 15.0. The quantitative estimate of drug-likeness (QED) is 0.721. The van der Waals surface area contributed by atoms with Gasteiger partial charge in [0.15, 0.2) is 0 Å². The number of anilines is 1. The average Bonchev–Trinajstić information content (AvgIpc) is 2.49. The van der Waals surface area contributed by atoms with Gasteiger partial charge in [0.05, 0.1) is 19.8 Å². The van der Waals surface area contributed by atoms with E-state index in [4.69, 9.17) is 14.2 Å². The molecule has 0 fully saturated rings. The molecule has 0 spiro atoms. The SMILES string of the molecule is CCOC(=O)NCCCOc1ccc(NC(=O)OCC)cc1. The molecule has 0 bridgehead atoms. The lowest BCUT2D eigenvalue weighted by Gasteiger charge is -2.09. The number of hydrogen-bond acceptors (Lipinski definition) is 5. The fraction of sp³-hybridized carbons (Fsp3) is 0.467. The van der Waals surface area contributed by atoms with Crippen LogP contribution in [0.3, 0.4) is 0 Å². The fourth-order valence-corrected chi connectivity index (χ4v) is 1.55. The van der Waals surface area contributed by atoms with Crippen LogP contribution in [0.1, 0.15) is 20.3 Å².